The second-order valence-electron chi connectivity index (χ2n) is 5.35. The predicted octanol–water partition coefficient (Wildman–Crippen LogP) is 0.275. The quantitative estimate of drug-likeness (QED) is 0.747. The highest BCUT2D eigenvalue weighted by molar-refractivity contribution is 5.92. The average molecular weight is 329 g/mol. The highest BCUT2D eigenvalue weighted by Gasteiger charge is 2.21. The Hall–Kier alpha value is -3.10. The first-order valence-electron chi connectivity index (χ1n) is 7.70. The Balaban J connectivity index is 1.41. The van der Waals surface area contributed by atoms with E-state index in [4.69, 9.17) is 0 Å². The number of nitrogens with one attached hydrogen (secondary N) is 3. The molecule has 0 saturated carbocycles. The number of amides is 3. The van der Waals surface area contributed by atoms with Crippen LogP contribution < -0.4 is 15.5 Å². The number of urea groups is 1. The minimum atomic E-state index is -0.358. The molecule has 0 unspecified atom stereocenters. The molecule has 0 spiro atoms. The summed E-state index contributed by atoms with van der Waals surface area (Å²) < 4.78 is 0. The molecule has 1 fully saturated rings. The van der Waals surface area contributed by atoms with Gasteiger partial charge in [0.15, 0.2) is 0 Å². The number of hydrogen-bond acceptors (Lipinski definition) is 5. The molecule has 3 rings (SSSR count). The predicted molar refractivity (Wildman–Crippen MR) is 88.6 cm³/mol. The second-order valence-corrected chi connectivity index (χ2v) is 5.35. The molecule has 2 heterocycles. The summed E-state index contributed by atoms with van der Waals surface area (Å²) in [5.74, 6) is -0.103. The number of nitrogens with zero attached hydrogens (tertiary/aromatic N) is 4. The molecule has 0 atom stereocenters. The summed E-state index contributed by atoms with van der Waals surface area (Å²) in [7, 11) is 0. The molecule has 3 amide bonds. The summed E-state index contributed by atoms with van der Waals surface area (Å²) >= 11 is 0. The summed E-state index contributed by atoms with van der Waals surface area (Å²) in [4.78, 5) is 31.6. The Kier molecular flexibility index (Phi) is 4.90. The van der Waals surface area contributed by atoms with Crippen LogP contribution in [-0.4, -0.2) is 64.7 Å². The minimum Gasteiger partial charge on any atom is -0.368 e. The van der Waals surface area contributed by atoms with Crippen LogP contribution in [0.5, 0.6) is 0 Å². The van der Waals surface area contributed by atoms with E-state index in [1.165, 1.54) is 6.33 Å². The van der Waals surface area contributed by atoms with Gasteiger partial charge in [-0.1, -0.05) is 18.2 Å². The molecule has 9 heteroatoms. The van der Waals surface area contributed by atoms with Crippen LogP contribution in [0.3, 0.4) is 0 Å². The van der Waals surface area contributed by atoms with E-state index in [-0.39, 0.29) is 24.4 Å². The van der Waals surface area contributed by atoms with Gasteiger partial charge in [0, 0.05) is 31.9 Å². The van der Waals surface area contributed by atoms with Crippen LogP contribution in [0.4, 0.5) is 16.4 Å². The topological polar surface area (TPSA) is 106 Å². The van der Waals surface area contributed by atoms with Gasteiger partial charge >= 0.3 is 6.03 Å². The summed E-state index contributed by atoms with van der Waals surface area (Å²) in [5, 5.41) is 11.3. The zero-order chi connectivity index (χ0) is 16.8. The maximum atomic E-state index is 12.1. The lowest BCUT2D eigenvalue weighted by Crippen LogP contribution is -2.52. The number of carbonyl (C=O) groups excluding carboxylic acids is 2. The Labute approximate surface area is 139 Å². The zero-order valence-electron chi connectivity index (χ0n) is 13.1. The molecule has 1 aliphatic rings. The summed E-state index contributed by atoms with van der Waals surface area (Å²) in [6.45, 7) is 2.65. The lowest BCUT2D eigenvalue weighted by Gasteiger charge is -2.36. The third-order valence-corrected chi connectivity index (χ3v) is 3.76. The number of aromatic amines is 1. The summed E-state index contributed by atoms with van der Waals surface area (Å²) in [5.41, 5.74) is 1.16. The van der Waals surface area contributed by atoms with E-state index in [0.717, 1.165) is 18.8 Å². The number of hydrogen-bond donors (Lipinski definition) is 3. The molecule has 0 aliphatic carbocycles. The van der Waals surface area contributed by atoms with Gasteiger partial charge in [-0.3, -0.25) is 10.1 Å². The zero-order valence-corrected chi connectivity index (χ0v) is 13.1. The van der Waals surface area contributed by atoms with E-state index in [2.05, 4.69) is 42.8 Å². The molecule has 2 aromatic rings. The lowest BCUT2D eigenvalue weighted by molar-refractivity contribution is -0.115. The fourth-order valence-corrected chi connectivity index (χ4v) is 2.52. The molecule has 0 radical (unpaired) electrons. The van der Waals surface area contributed by atoms with E-state index in [0.29, 0.717) is 13.1 Å². The Morgan fingerprint density at radius 2 is 1.88 bits per heavy atom. The summed E-state index contributed by atoms with van der Waals surface area (Å²) in [6.07, 6.45) is 1.29. The molecule has 1 aromatic carbocycles. The maximum absolute atomic E-state index is 12.1. The van der Waals surface area contributed by atoms with Crippen LogP contribution in [0.1, 0.15) is 0 Å². The van der Waals surface area contributed by atoms with Crippen molar-refractivity contribution in [1.29, 1.82) is 0 Å². The Morgan fingerprint density at radius 1 is 1.12 bits per heavy atom. The largest absolute Gasteiger partial charge is 0.368 e. The van der Waals surface area contributed by atoms with E-state index in [1.807, 2.05) is 18.2 Å². The van der Waals surface area contributed by atoms with Crippen molar-refractivity contribution in [3.63, 3.8) is 0 Å². The van der Waals surface area contributed by atoms with Gasteiger partial charge in [0.1, 0.15) is 6.33 Å². The first-order chi connectivity index (χ1) is 11.7. The number of aromatic nitrogens is 3. The molecular weight excluding hydrogens is 310 g/mol. The van der Waals surface area contributed by atoms with Crippen LogP contribution in [0, 0.1) is 0 Å². The van der Waals surface area contributed by atoms with E-state index in [9.17, 15) is 9.59 Å². The van der Waals surface area contributed by atoms with Crippen LogP contribution in [0.2, 0.25) is 0 Å². The molecule has 0 bridgehead atoms. The van der Waals surface area contributed by atoms with Crippen molar-refractivity contribution in [2.45, 2.75) is 0 Å². The van der Waals surface area contributed by atoms with Gasteiger partial charge in [0.2, 0.25) is 11.9 Å². The highest BCUT2D eigenvalue weighted by Crippen LogP contribution is 2.15. The lowest BCUT2D eigenvalue weighted by atomic mass is 10.2. The first-order valence-corrected chi connectivity index (χ1v) is 7.70. The average Bonchev–Trinajstić information content (AvgIpc) is 3.13. The molecule has 1 aromatic heterocycles. The first kappa shape index (κ1) is 15.8. The van der Waals surface area contributed by atoms with Crippen molar-refractivity contribution < 1.29 is 9.59 Å². The van der Waals surface area contributed by atoms with Crippen molar-refractivity contribution in [2.75, 3.05) is 42.9 Å². The minimum absolute atomic E-state index is 0.113. The van der Waals surface area contributed by atoms with Crippen molar-refractivity contribution in [3.8, 4) is 0 Å². The smallest absolute Gasteiger partial charge is 0.317 e. The Bertz CT molecular complexity index is 666. The van der Waals surface area contributed by atoms with E-state index < -0.39 is 0 Å². The molecule has 126 valence electrons. The van der Waals surface area contributed by atoms with Crippen LogP contribution in [0.15, 0.2) is 36.7 Å². The fourth-order valence-electron chi connectivity index (χ4n) is 2.52. The number of carbonyl (C=O) groups is 2. The van der Waals surface area contributed by atoms with Gasteiger partial charge in [-0.2, -0.15) is 10.1 Å². The normalized spacial score (nSPS) is 14.3. The molecule has 1 saturated heterocycles. The van der Waals surface area contributed by atoms with Gasteiger partial charge in [-0.15, -0.1) is 0 Å². The maximum Gasteiger partial charge on any atom is 0.317 e. The van der Waals surface area contributed by atoms with E-state index in [1.54, 1.807) is 4.90 Å². The number of para-hydroxylation sites is 1. The fraction of sp³-hybridized carbons (Fsp3) is 0.333. The van der Waals surface area contributed by atoms with Crippen molar-refractivity contribution in [2.24, 2.45) is 0 Å². The third kappa shape index (κ3) is 4.00. The van der Waals surface area contributed by atoms with Gasteiger partial charge in [-0.25, -0.2) is 9.89 Å². The molecule has 9 nitrogen and oxygen atoms in total. The SMILES string of the molecule is O=C(CNC(=O)N1CCN(c2ccccc2)CC1)Nc1ncn[nH]1. The number of piperazine rings is 1. The number of benzene rings is 1. The Morgan fingerprint density at radius 3 is 2.54 bits per heavy atom. The standard InChI is InChI=1S/C15H19N7O2/c23-13(19-14-17-11-18-20-14)10-16-15(24)22-8-6-21(7-9-22)12-4-2-1-3-5-12/h1-5,11H,6-10H2,(H,16,24)(H2,17,18,19,20,23). The molecule has 3 N–H and O–H groups in total. The van der Waals surface area contributed by atoms with E-state index >= 15 is 0 Å². The number of H-pyrrole nitrogens is 1. The molecule has 24 heavy (non-hydrogen) atoms. The third-order valence-electron chi connectivity index (χ3n) is 3.76. The van der Waals surface area contributed by atoms with Crippen molar-refractivity contribution in [3.05, 3.63) is 36.7 Å². The summed E-state index contributed by atoms with van der Waals surface area (Å²) in [6, 6.07) is 9.86. The number of rotatable bonds is 4. The van der Waals surface area contributed by atoms with Gasteiger partial charge in [-0.05, 0) is 12.1 Å². The second kappa shape index (κ2) is 7.44. The van der Waals surface area contributed by atoms with Gasteiger partial charge in [0.05, 0.1) is 6.54 Å². The number of anilines is 2. The monoisotopic (exact) mass is 329 g/mol. The van der Waals surface area contributed by atoms with Gasteiger partial charge in [0.25, 0.3) is 0 Å². The van der Waals surface area contributed by atoms with Crippen LogP contribution in [0.25, 0.3) is 0 Å². The van der Waals surface area contributed by atoms with Crippen molar-refractivity contribution in [1.82, 2.24) is 25.4 Å². The van der Waals surface area contributed by atoms with Gasteiger partial charge < -0.3 is 15.1 Å². The van der Waals surface area contributed by atoms with Crippen LogP contribution >= 0.6 is 0 Å². The molecular formula is C15H19N7O2. The van der Waals surface area contributed by atoms with Crippen LogP contribution in [-0.2, 0) is 4.79 Å². The van der Waals surface area contributed by atoms with Crippen molar-refractivity contribution >= 4 is 23.6 Å². The molecule has 1 aliphatic heterocycles. The highest BCUT2D eigenvalue weighted by atomic mass is 16.2.